The lowest BCUT2D eigenvalue weighted by atomic mass is 10.1. The van der Waals surface area contributed by atoms with Gasteiger partial charge in [0.2, 0.25) is 0 Å². The number of nitrogens with zero attached hydrogens (tertiary/aromatic N) is 3. The van der Waals surface area contributed by atoms with Crippen LogP contribution in [-0.4, -0.2) is 71.6 Å². The van der Waals surface area contributed by atoms with E-state index in [-0.39, 0.29) is 24.2 Å². The Morgan fingerprint density at radius 1 is 0.806 bits per heavy atom. The normalized spacial score (nSPS) is 25.5. The first-order valence-corrected chi connectivity index (χ1v) is 11.5. The minimum atomic E-state index is 0.145. The molecule has 2 fully saturated rings. The van der Waals surface area contributed by atoms with Crippen LogP contribution in [0.5, 0.6) is 0 Å². The minimum absolute atomic E-state index is 0.145. The highest BCUT2D eigenvalue weighted by atomic mass is 16.5. The van der Waals surface area contributed by atoms with Gasteiger partial charge >= 0.3 is 0 Å². The lowest BCUT2D eigenvalue weighted by Gasteiger charge is -2.40. The van der Waals surface area contributed by atoms with Crippen LogP contribution in [0, 0.1) is 0 Å². The van der Waals surface area contributed by atoms with Gasteiger partial charge in [-0.1, -0.05) is 42.5 Å². The monoisotopic (exact) mass is 421 g/mol. The molecular weight excluding hydrogens is 386 g/mol. The van der Waals surface area contributed by atoms with Crippen LogP contribution in [0.15, 0.2) is 54.6 Å². The van der Waals surface area contributed by atoms with Gasteiger partial charge in [0.1, 0.15) is 0 Å². The Bertz CT molecular complexity index is 845. The fourth-order valence-electron chi connectivity index (χ4n) is 4.91. The molecule has 0 saturated carbocycles. The molecule has 5 nitrogen and oxygen atoms in total. The summed E-state index contributed by atoms with van der Waals surface area (Å²) in [4.78, 5) is 20.0. The number of benzene rings is 2. The van der Waals surface area contributed by atoms with Gasteiger partial charge in [-0.05, 0) is 44.0 Å². The number of hydrogen-bond donors (Lipinski definition) is 0. The molecule has 0 aromatic heterocycles. The van der Waals surface area contributed by atoms with Crippen molar-refractivity contribution in [2.75, 3.05) is 32.7 Å². The molecule has 5 heteroatoms. The molecule has 31 heavy (non-hydrogen) atoms. The number of piperazine rings is 1. The molecule has 0 radical (unpaired) electrons. The highest BCUT2D eigenvalue weighted by Gasteiger charge is 2.28. The van der Waals surface area contributed by atoms with E-state index in [0.29, 0.717) is 0 Å². The molecule has 0 N–H and O–H groups in total. The van der Waals surface area contributed by atoms with E-state index >= 15 is 0 Å². The molecule has 0 aliphatic carbocycles. The summed E-state index contributed by atoms with van der Waals surface area (Å²) < 4.78 is 5.83. The molecule has 0 bridgehead atoms. The van der Waals surface area contributed by atoms with E-state index in [1.807, 2.05) is 17.0 Å². The molecule has 166 valence electrons. The Labute approximate surface area is 186 Å². The van der Waals surface area contributed by atoms with Crippen molar-refractivity contribution < 1.29 is 9.53 Å². The number of rotatable bonds is 5. The molecule has 3 unspecified atom stereocenters. The van der Waals surface area contributed by atoms with Crippen molar-refractivity contribution in [3.63, 3.8) is 0 Å². The van der Waals surface area contributed by atoms with Crippen LogP contribution in [0.2, 0.25) is 0 Å². The molecule has 2 heterocycles. The quantitative estimate of drug-likeness (QED) is 0.739. The van der Waals surface area contributed by atoms with Crippen LogP contribution in [0.4, 0.5) is 0 Å². The second-order valence-electron chi connectivity index (χ2n) is 9.22. The third-order valence-corrected chi connectivity index (χ3v) is 6.32. The first kappa shape index (κ1) is 22.0. The number of carbonyl (C=O) groups is 1. The van der Waals surface area contributed by atoms with E-state index in [2.05, 4.69) is 73.0 Å². The van der Waals surface area contributed by atoms with Crippen LogP contribution < -0.4 is 0 Å². The largest absolute Gasteiger partial charge is 0.373 e. The second kappa shape index (κ2) is 9.94. The van der Waals surface area contributed by atoms with Crippen LogP contribution in [0.1, 0.15) is 42.3 Å². The molecule has 2 aliphatic rings. The maximum absolute atomic E-state index is 13.1. The Kier molecular flexibility index (Phi) is 7.06. The molecule has 2 aliphatic heterocycles. The zero-order valence-corrected chi connectivity index (χ0v) is 19.0. The van der Waals surface area contributed by atoms with E-state index < -0.39 is 0 Å². The number of amides is 1. The summed E-state index contributed by atoms with van der Waals surface area (Å²) >= 11 is 0. The average Bonchev–Trinajstić information content (AvgIpc) is 2.74. The standard InChI is InChI=1S/C26H35N3O2/c1-20-15-27(18-23-7-5-4-6-8-23)13-14-29(20)26(30)25-11-9-24(10-12-25)19-28-16-21(2)31-22(3)17-28/h4-12,20-22H,13-19H2,1-3H3. The molecule has 2 aromatic carbocycles. The average molecular weight is 422 g/mol. The van der Waals surface area contributed by atoms with E-state index in [0.717, 1.165) is 51.4 Å². The lowest BCUT2D eigenvalue weighted by molar-refractivity contribution is -0.0704. The summed E-state index contributed by atoms with van der Waals surface area (Å²) in [5.74, 6) is 0.145. The van der Waals surface area contributed by atoms with Crippen molar-refractivity contribution in [1.82, 2.24) is 14.7 Å². The van der Waals surface area contributed by atoms with E-state index in [1.54, 1.807) is 0 Å². The first-order valence-electron chi connectivity index (χ1n) is 11.5. The summed E-state index contributed by atoms with van der Waals surface area (Å²) in [5.41, 5.74) is 3.36. The second-order valence-corrected chi connectivity index (χ2v) is 9.22. The maximum atomic E-state index is 13.1. The highest BCUT2D eigenvalue weighted by Crippen LogP contribution is 2.18. The molecule has 2 saturated heterocycles. The summed E-state index contributed by atoms with van der Waals surface area (Å²) in [6.45, 7) is 12.8. The predicted octanol–water partition coefficient (Wildman–Crippen LogP) is 3.64. The molecule has 4 rings (SSSR count). The van der Waals surface area contributed by atoms with Crippen molar-refractivity contribution in [3.8, 4) is 0 Å². The Hall–Kier alpha value is -2.21. The van der Waals surface area contributed by atoms with Crippen LogP contribution in [0.3, 0.4) is 0 Å². The molecule has 2 aromatic rings. The zero-order chi connectivity index (χ0) is 21.8. The molecular formula is C26H35N3O2. The van der Waals surface area contributed by atoms with Gasteiger partial charge < -0.3 is 9.64 Å². The van der Waals surface area contributed by atoms with Crippen molar-refractivity contribution in [1.29, 1.82) is 0 Å². The summed E-state index contributed by atoms with van der Waals surface area (Å²) in [7, 11) is 0. The zero-order valence-electron chi connectivity index (χ0n) is 19.0. The van der Waals surface area contributed by atoms with Crippen molar-refractivity contribution in [3.05, 3.63) is 71.3 Å². The van der Waals surface area contributed by atoms with Gasteiger partial charge in [-0.25, -0.2) is 0 Å². The molecule has 0 spiro atoms. The van der Waals surface area contributed by atoms with Gasteiger partial charge in [-0.2, -0.15) is 0 Å². The highest BCUT2D eigenvalue weighted by molar-refractivity contribution is 5.94. The SMILES string of the molecule is CC1CN(Cc2ccc(C(=O)N3CCN(Cc4ccccc4)CC3C)cc2)CC(C)O1. The van der Waals surface area contributed by atoms with Gasteiger partial charge in [0, 0.05) is 57.4 Å². The van der Waals surface area contributed by atoms with E-state index in [4.69, 9.17) is 4.74 Å². The maximum Gasteiger partial charge on any atom is 0.254 e. The third kappa shape index (κ3) is 5.73. The number of ether oxygens (including phenoxy) is 1. The smallest absolute Gasteiger partial charge is 0.254 e. The fourth-order valence-corrected chi connectivity index (χ4v) is 4.91. The summed E-state index contributed by atoms with van der Waals surface area (Å²) in [6, 6.07) is 19.0. The molecule has 3 atom stereocenters. The summed E-state index contributed by atoms with van der Waals surface area (Å²) in [6.07, 6.45) is 0.540. The van der Waals surface area contributed by atoms with Gasteiger partial charge in [0.25, 0.3) is 5.91 Å². The Morgan fingerprint density at radius 2 is 1.42 bits per heavy atom. The topological polar surface area (TPSA) is 36.0 Å². The van der Waals surface area contributed by atoms with Gasteiger partial charge in [0.15, 0.2) is 0 Å². The van der Waals surface area contributed by atoms with Crippen LogP contribution in [0.25, 0.3) is 0 Å². The van der Waals surface area contributed by atoms with Crippen LogP contribution >= 0.6 is 0 Å². The van der Waals surface area contributed by atoms with Crippen molar-refractivity contribution in [2.24, 2.45) is 0 Å². The third-order valence-electron chi connectivity index (χ3n) is 6.32. The van der Waals surface area contributed by atoms with Gasteiger partial charge in [-0.15, -0.1) is 0 Å². The fraction of sp³-hybridized carbons (Fsp3) is 0.500. The molecule has 1 amide bonds. The minimum Gasteiger partial charge on any atom is -0.373 e. The number of carbonyl (C=O) groups excluding carboxylic acids is 1. The predicted molar refractivity (Wildman–Crippen MR) is 124 cm³/mol. The first-order chi connectivity index (χ1) is 15.0. The summed E-state index contributed by atoms with van der Waals surface area (Å²) in [5, 5.41) is 0. The Balaban J connectivity index is 1.32. The van der Waals surface area contributed by atoms with Gasteiger partial charge in [0.05, 0.1) is 12.2 Å². The lowest BCUT2D eigenvalue weighted by Crippen LogP contribution is -2.53. The number of morpholine rings is 1. The van der Waals surface area contributed by atoms with Crippen molar-refractivity contribution >= 4 is 5.91 Å². The van der Waals surface area contributed by atoms with E-state index in [9.17, 15) is 4.79 Å². The number of hydrogen-bond acceptors (Lipinski definition) is 4. The van der Waals surface area contributed by atoms with Gasteiger partial charge in [-0.3, -0.25) is 14.6 Å². The Morgan fingerprint density at radius 3 is 2.06 bits per heavy atom. The van der Waals surface area contributed by atoms with E-state index in [1.165, 1.54) is 11.1 Å². The van der Waals surface area contributed by atoms with Crippen molar-refractivity contribution in [2.45, 2.75) is 52.1 Å². The van der Waals surface area contributed by atoms with Crippen LogP contribution in [-0.2, 0) is 17.8 Å².